The van der Waals surface area contributed by atoms with Gasteiger partial charge in [-0.15, -0.1) is 0 Å². The fourth-order valence-electron chi connectivity index (χ4n) is 1.86. The van der Waals surface area contributed by atoms with E-state index in [1.165, 1.54) is 0 Å². The van der Waals surface area contributed by atoms with Crippen molar-refractivity contribution in [2.24, 2.45) is 5.92 Å². The van der Waals surface area contributed by atoms with Gasteiger partial charge in [-0.05, 0) is 18.6 Å². The molecule has 0 heterocycles. The summed E-state index contributed by atoms with van der Waals surface area (Å²) in [6.07, 6.45) is 4.69. The molecule has 0 saturated carbocycles. The van der Waals surface area contributed by atoms with Crippen LogP contribution in [0.2, 0.25) is 0 Å². The lowest BCUT2D eigenvalue weighted by Crippen LogP contribution is -2.32. The van der Waals surface area contributed by atoms with Crippen LogP contribution < -0.4 is 5.32 Å². The molecule has 2 rings (SSSR count). The SMILES string of the molecule is O=C(N[C@@H]1C=C[C@H](CO)C1)c1ccccc1. The predicted molar refractivity (Wildman–Crippen MR) is 62.0 cm³/mol. The van der Waals surface area contributed by atoms with Gasteiger partial charge in [0.1, 0.15) is 0 Å². The Labute approximate surface area is 94.8 Å². The standard InChI is InChI=1S/C13H15NO2/c15-9-10-6-7-12(8-10)14-13(16)11-4-2-1-3-5-11/h1-7,10,12,15H,8-9H2,(H,14,16)/t10-,12+/m0/s1. The van der Waals surface area contributed by atoms with Crippen molar-refractivity contribution in [2.75, 3.05) is 6.61 Å². The lowest BCUT2D eigenvalue weighted by Gasteiger charge is -2.12. The summed E-state index contributed by atoms with van der Waals surface area (Å²) in [7, 11) is 0. The Morgan fingerprint density at radius 3 is 2.69 bits per heavy atom. The molecule has 3 nitrogen and oxygen atoms in total. The minimum atomic E-state index is -0.0613. The summed E-state index contributed by atoms with van der Waals surface area (Å²) in [5.74, 6) is 0.120. The van der Waals surface area contributed by atoms with Crippen molar-refractivity contribution in [3.63, 3.8) is 0 Å². The summed E-state index contributed by atoms with van der Waals surface area (Å²) in [6.45, 7) is 0.147. The topological polar surface area (TPSA) is 49.3 Å². The summed E-state index contributed by atoms with van der Waals surface area (Å²) in [4.78, 5) is 11.8. The molecule has 2 N–H and O–H groups in total. The summed E-state index contributed by atoms with van der Waals surface area (Å²) in [6, 6.07) is 9.19. The molecule has 0 bridgehead atoms. The van der Waals surface area contributed by atoms with E-state index in [2.05, 4.69) is 5.32 Å². The van der Waals surface area contributed by atoms with Crippen LogP contribution >= 0.6 is 0 Å². The first-order valence-electron chi connectivity index (χ1n) is 5.44. The molecule has 0 aliphatic heterocycles. The Morgan fingerprint density at radius 2 is 2.06 bits per heavy atom. The number of rotatable bonds is 3. The van der Waals surface area contributed by atoms with Crippen LogP contribution in [0.4, 0.5) is 0 Å². The maximum Gasteiger partial charge on any atom is 0.251 e. The molecule has 1 aromatic rings. The Balaban J connectivity index is 1.92. The average molecular weight is 217 g/mol. The van der Waals surface area contributed by atoms with Crippen LogP contribution in [0.5, 0.6) is 0 Å². The van der Waals surface area contributed by atoms with Gasteiger partial charge in [0.2, 0.25) is 0 Å². The van der Waals surface area contributed by atoms with Gasteiger partial charge in [0, 0.05) is 24.1 Å². The van der Waals surface area contributed by atoms with Gasteiger partial charge < -0.3 is 10.4 Å². The van der Waals surface area contributed by atoms with Crippen molar-refractivity contribution >= 4 is 5.91 Å². The summed E-state index contributed by atoms with van der Waals surface area (Å²) in [5.41, 5.74) is 0.670. The second kappa shape index (κ2) is 4.94. The largest absolute Gasteiger partial charge is 0.396 e. The van der Waals surface area contributed by atoms with E-state index in [0.717, 1.165) is 6.42 Å². The molecule has 3 heteroatoms. The Morgan fingerprint density at radius 1 is 1.31 bits per heavy atom. The van der Waals surface area contributed by atoms with Gasteiger partial charge in [-0.2, -0.15) is 0 Å². The number of aliphatic hydroxyl groups excluding tert-OH is 1. The van der Waals surface area contributed by atoms with Crippen LogP contribution in [0.25, 0.3) is 0 Å². The molecule has 1 aromatic carbocycles. The van der Waals surface area contributed by atoms with E-state index in [1.807, 2.05) is 30.4 Å². The number of hydrogen-bond donors (Lipinski definition) is 2. The molecule has 0 saturated heterocycles. The zero-order chi connectivity index (χ0) is 11.4. The number of nitrogens with one attached hydrogen (secondary N) is 1. The Kier molecular flexibility index (Phi) is 3.37. The molecule has 16 heavy (non-hydrogen) atoms. The van der Waals surface area contributed by atoms with Crippen LogP contribution in [0.15, 0.2) is 42.5 Å². The zero-order valence-electron chi connectivity index (χ0n) is 8.97. The average Bonchev–Trinajstić information content (AvgIpc) is 2.78. The smallest absolute Gasteiger partial charge is 0.251 e. The van der Waals surface area contributed by atoms with Crippen molar-refractivity contribution in [1.29, 1.82) is 0 Å². The Bertz CT molecular complexity index is 386. The second-order valence-corrected chi connectivity index (χ2v) is 4.01. The molecule has 0 radical (unpaired) electrons. The first kappa shape index (κ1) is 10.9. The summed E-state index contributed by atoms with van der Waals surface area (Å²) >= 11 is 0. The molecule has 0 spiro atoms. The van der Waals surface area contributed by atoms with Crippen molar-refractivity contribution in [3.05, 3.63) is 48.0 Å². The van der Waals surface area contributed by atoms with E-state index in [-0.39, 0.29) is 24.5 Å². The van der Waals surface area contributed by atoms with Crippen molar-refractivity contribution < 1.29 is 9.90 Å². The van der Waals surface area contributed by atoms with Crippen LogP contribution in [-0.2, 0) is 0 Å². The minimum Gasteiger partial charge on any atom is -0.396 e. The lowest BCUT2D eigenvalue weighted by atomic mass is 10.1. The number of carbonyl (C=O) groups is 1. The molecule has 2 atom stereocenters. The molecule has 0 aromatic heterocycles. The fourth-order valence-corrected chi connectivity index (χ4v) is 1.86. The van der Waals surface area contributed by atoms with Crippen LogP contribution in [0.3, 0.4) is 0 Å². The van der Waals surface area contributed by atoms with Crippen LogP contribution in [-0.4, -0.2) is 23.7 Å². The van der Waals surface area contributed by atoms with Gasteiger partial charge >= 0.3 is 0 Å². The monoisotopic (exact) mass is 217 g/mol. The highest BCUT2D eigenvalue weighted by atomic mass is 16.3. The van der Waals surface area contributed by atoms with Gasteiger partial charge in [0.25, 0.3) is 5.91 Å². The number of amides is 1. The first-order chi connectivity index (χ1) is 7.79. The van der Waals surface area contributed by atoms with Crippen molar-refractivity contribution in [2.45, 2.75) is 12.5 Å². The number of hydrogen-bond acceptors (Lipinski definition) is 2. The highest BCUT2D eigenvalue weighted by Gasteiger charge is 2.19. The van der Waals surface area contributed by atoms with E-state index in [1.54, 1.807) is 12.1 Å². The van der Waals surface area contributed by atoms with Crippen LogP contribution in [0.1, 0.15) is 16.8 Å². The third kappa shape index (κ3) is 2.49. The molecule has 84 valence electrons. The highest BCUT2D eigenvalue weighted by molar-refractivity contribution is 5.94. The zero-order valence-corrected chi connectivity index (χ0v) is 8.97. The van der Waals surface area contributed by atoms with Gasteiger partial charge in [0.15, 0.2) is 0 Å². The van der Waals surface area contributed by atoms with E-state index in [9.17, 15) is 4.79 Å². The molecular formula is C13H15NO2. The van der Waals surface area contributed by atoms with E-state index in [0.29, 0.717) is 5.56 Å². The predicted octanol–water partition coefficient (Wildman–Crippen LogP) is 1.35. The van der Waals surface area contributed by atoms with E-state index in [4.69, 9.17) is 5.11 Å². The lowest BCUT2D eigenvalue weighted by molar-refractivity contribution is 0.0941. The minimum absolute atomic E-state index is 0.0462. The van der Waals surface area contributed by atoms with Gasteiger partial charge in [-0.3, -0.25) is 4.79 Å². The normalized spacial score (nSPS) is 23.3. The molecule has 1 aliphatic rings. The summed E-state index contributed by atoms with van der Waals surface area (Å²) in [5, 5.41) is 11.9. The third-order valence-corrected chi connectivity index (χ3v) is 2.76. The number of carbonyl (C=O) groups excluding carboxylic acids is 1. The van der Waals surface area contributed by atoms with Crippen LogP contribution in [0, 0.1) is 5.92 Å². The molecule has 0 unspecified atom stereocenters. The maximum atomic E-state index is 11.8. The number of aliphatic hydroxyl groups is 1. The third-order valence-electron chi connectivity index (χ3n) is 2.76. The highest BCUT2D eigenvalue weighted by Crippen LogP contribution is 2.17. The van der Waals surface area contributed by atoms with E-state index < -0.39 is 0 Å². The molecule has 1 amide bonds. The molecule has 1 aliphatic carbocycles. The quantitative estimate of drug-likeness (QED) is 0.751. The second-order valence-electron chi connectivity index (χ2n) is 4.01. The number of benzene rings is 1. The summed E-state index contributed by atoms with van der Waals surface area (Å²) < 4.78 is 0. The molecular weight excluding hydrogens is 202 g/mol. The van der Waals surface area contributed by atoms with Gasteiger partial charge in [0.05, 0.1) is 0 Å². The van der Waals surface area contributed by atoms with E-state index >= 15 is 0 Å². The molecule has 0 fully saturated rings. The first-order valence-corrected chi connectivity index (χ1v) is 5.44. The van der Waals surface area contributed by atoms with Gasteiger partial charge in [-0.25, -0.2) is 0 Å². The maximum absolute atomic E-state index is 11.8. The van der Waals surface area contributed by atoms with Gasteiger partial charge in [-0.1, -0.05) is 30.4 Å². The van der Waals surface area contributed by atoms with Crippen molar-refractivity contribution in [3.8, 4) is 0 Å². The Hall–Kier alpha value is -1.61. The fraction of sp³-hybridized carbons (Fsp3) is 0.308. The van der Waals surface area contributed by atoms with Crippen molar-refractivity contribution in [1.82, 2.24) is 5.32 Å².